The minimum Gasteiger partial charge on any atom is -0.379 e. The number of rotatable bonds is 6. The van der Waals surface area contributed by atoms with Crippen molar-refractivity contribution in [2.24, 2.45) is 0 Å². The maximum absolute atomic E-state index is 12.5. The van der Waals surface area contributed by atoms with E-state index >= 15 is 0 Å². The molecule has 3 fully saturated rings. The maximum atomic E-state index is 12.5. The molecule has 7 nitrogen and oxygen atoms in total. The van der Waals surface area contributed by atoms with Gasteiger partial charge in [0.25, 0.3) is 5.91 Å². The molecule has 2 saturated carbocycles. The zero-order chi connectivity index (χ0) is 20.1. The van der Waals surface area contributed by atoms with Crippen molar-refractivity contribution in [2.45, 2.75) is 56.5 Å². The highest BCUT2D eigenvalue weighted by molar-refractivity contribution is 5.95. The predicted molar refractivity (Wildman–Crippen MR) is 112 cm³/mol. The topological polar surface area (TPSA) is 82.7 Å². The average molecular weight is 401 g/mol. The van der Waals surface area contributed by atoms with Crippen LogP contribution in [-0.4, -0.2) is 61.3 Å². The normalized spacial score (nSPS) is 21.9. The largest absolute Gasteiger partial charge is 0.379 e. The molecule has 1 aromatic rings. The van der Waals surface area contributed by atoms with Crippen molar-refractivity contribution in [1.82, 2.24) is 15.5 Å². The molecule has 3 N–H and O–H groups in total. The molecule has 7 heteroatoms. The summed E-state index contributed by atoms with van der Waals surface area (Å²) in [6, 6.07) is 7.20. The Kier molecular flexibility index (Phi) is 6.35. The number of nitrogens with one attached hydrogen (secondary N) is 3. The number of anilines is 1. The average Bonchev–Trinajstić information content (AvgIpc) is 3.58. The smallest absolute Gasteiger partial charge is 0.319 e. The van der Waals surface area contributed by atoms with E-state index in [0.717, 1.165) is 52.0 Å². The second-order valence-electron chi connectivity index (χ2n) is 8.52. The third kappa shape index (κ3) is 5.28. The van der Waals surface area contributed by atoms with E-state index in [1.54, 1.807) is 24.3 Å². The standard InChI is InChI=1S/C22H32N4O3/c27-20(24-18-8-9-18)17-4-6-19(7-5-17)25-21(28)23-16-22(10-2-1-3-11-22)26-12-14-29-15-13-26/h4-7,18H,1-3,8-16H2,(H,24,27)(H2,23,25,28). The second kappa shape index (κ2) is 9.13. The molecule has 0 radical (unpaired) electrons. The first-order valence-corrected chi connectivity index (χ1v) is 10.9. The Morgan fingerprint density at radius 1 is 1.03 bits per heavy atom. The van der Waals surface area contributed by atoms with Crippen LogP contribution in [0.25, 0.3) is 0 Å². The van der Waals surface area contributed by atoms with Gasteiger partial charge in [0.05, 0.1) is 13.2 Å². The van der Waals surface area contributed by atoms with Gasteiger partial charge in [-0.3, -0.25) is 9.69 Å². The van der Waals surface area contributed by atoms with Crippen molar-refractivity contribution >= 4 is 17.6 Å². The van der Waals surface area contributed by atoms with E-state index in [2.05, 4.69) is 20.9 Å². The van der Waals surface area contributed by atoms with Gasteiger partial charge in [-0.2, -0.15) is 0 Å². The molecule has 0 unspecified atom stereocenters. The zero-order valence-corrected chi connectivity index (χ0v) is 17.0. The first kappa shape index (κ1) is 20.2. The Balaban J connectivity index is 1.30. The minimum absolute atomic E-state index is 0.0458. The van der Waals surface area contributed by atoms with E-state index < -0.39 is 0 Å². The molecule has 29 heavy (non-hydrogen) atoms. The van der Waals surface area contributed by atoms with E-state index in [9.17, 15) is 9.59 Å². The van der Waals surface area contributed by atoms with Gasteiger partial charge in [0, 0.05) is 42.5 Å². The summed E-state index contributed by atoms with van der Waals surface area (Å²) in [5, 5.41) is 8.97. The molecular formula is C22H32N4O3. The lowest BCUT2D eigenvalue weighted by Gasteiger charge is -2.48. The molecule has 1 saturated heterocycles. The fraction of sp³-hybridized carbons (Fsp3) is 0.636. The summed E-state index contributed by atoms with van der Waals surface area (Å²) in [7, 11) is 0. The Labute approximate surface area is 172 Å². The van der Waals surface area contributed by atoms with E-state index in [1.807, 2.05) is 0 Å². The highest BCUT2D eigenvalue weighted by Gasteiger charge is 2.38. The molecule has 3 amide bonds. The van der Waals surface area contributed by atoms with E-state index in [0.29, 0.717) is 23.8 Å². The fourth-order valence-corrected chi connectivity index (χ4v) is 4.47. The Morgan fingerprint density at radius 2 is 1.72 bits per heavy atom. The summed E-state index contributed by atoms with van der Waals surface area (Å²) >= 11 is 0. The molecule has 3 aliphatic rings. The number of morpholine rings is 1. The molecule has 0 bridgehead atoms. The van der Waals surface area contributed by atoms with Crippen LogP contribution in [0.4, 0.5) is 10.5 Å². The molecule has 4 rings (SSSR count). The summed E-state index contributed by atoms with van der Waals surface area (Å²) in [5.41, 5.74) is 1.36. The third-order valence-corrected chi connectivity index (χ3v) is 6.36. The van der Waals surface area contributed by atoms with Crippen molar-refractivity contribution in [2.75, 3.05) is 38.2 Å². The van der Waals surface area contributed by atoms with Gasteiger partial charge < -0.3 is 20.7 Å². The van der Waals surface area contributed by atoms with Crippen LogP contribution >= 0.6 is 0 Å². The van der Waals surface area contributed by atoms with Gasteiger partial charge in [-0.25, -0.2) is 4.79 Å². The van der Waals surface area contributed by atoms with Crippen LogP contribution in [-0.2, 0) is 4.74 Å². The number of carbonyl (C=O) groups excluding carboxylic acids is 2. The lowest BCUT2D eigenvalue weighted by Crippen LogP contribution is -2.60. The van der Waals surface area contributed by atoms with E-state index in [4.69, 9.17) is 4.74 Å². The van der Waals surface area contributed by atoms with Crippen LogP contribution in [0, 0.1) is 0 Å². The van der Waals surface area contributed by atoms with Crippen LogP contribution in [0.3, 0.4) is 0 Å². The first-order valence-electron chi connectivity index (χ1n) is 10.9. The van der Waals surface area contributed by atoms with Gasteiger partial charge in [0.1, 0.15) is 0 Å². The number of urea groups is 1. The Hall–Kier alpha value is -2.12. The van der Waals surface area contributed by atoms with Crippen molar-refractivity contribution in [1.29, 1.82) is 0 Å². The first-order chi connectivity index (χ1) is 14.1. The number of carbonyl (C=O) groups is 2. The number of benzene rings is 1. The molecule has 1 aliphatic heterocycles. The van der Waals surface area contributed by atoms with Gasteiger partial charge in [-0.15, -0.1) is 0 Å². The van der Waals surface area contributed by atoms with Crippen LogP contribution in [0.5, 0.6) is 0 Å². The highest BCUT2D eigenvalue weighted by Crippen LogP contribution is 2.33. The molecule has 1 heterocycles. The maximum Gasteiger partial charge on any atom is 0.319 e. The molecule has 158 valence electrons. The molecule has 0 atom stereocenters. The van der Waals surface area contributed by atoms with Crippen molar-refractivity contribution in [3.8, 4) is 0 Å². The van der Waals surface area contributed by atoms with Crippen molar-refractivity contribution < 1.29 is 14.3 Å². The number of nitrogens with zero attached hydrogens (tertiary/aromatic N) is 1. The SMILES string of the molecule is O=C(NCC1(N2CCOCC2)CCCCC1)Nc1ccc(C(=O)NC2CC2)cc1. The monoisotopic (exact) mass is 400 g/mol. The molecule has 0 spiro atoms. The lowest BCUT2D eigenvalue weighted by atomic mass is 9.80. The number of ether oxygens (including phenoxy) is 1. The zero-order valence-electron chi connectivity index (χ0n) is 17.0. The Morgan fingerprint density at radius 3 is 2.38 bits per heavy atom. The van der Waals surface area contributed by atoms with Gasteiger partial charge in [-0.05, 0) is 49.9 Å². The quantitative estimate of drug-likeness (QED) is 0.686. The van der Waals surface area contributed by atoms with Crippen LogP contribution in [0.2, 0.25) is 0 Å². The molecule has 0 aromatic heterocycles. The van der Waals surface area contributed by atoms with Gasteiger partial charge in [-0.1, -0.05) is 19.3 Å². The predicted octanol–water partition coefficient (Wildman–Crippen LogP) is 2.74. The number of amides is 3. The lowest BCUT2D eigenvalue weighted by molar-refractivity contribution is -0.0356. The van der Waals surface area contributed by atoms with Gasteiger partial charge in [0.15, 0.2) is 0 Å². The summed E-state index contributed by atoms with van der Waals surface area (Å²) in [5.74, 6) is -0.0479. The fourth-order valence-electron chi connectivity index (χ4n) is 4.47. The van der Waals surface area contributed by atoms with Crippen LogP contribution in [0.1, 0.15) is 55.3 Å². The summed E-state index contributed by atoms with van der Waals surface area (Å²) < 4.78 is 5.52. The van der Waals surface area contributed by atoms with E-state index in [1.165, 1.54) is 19.3 Å². The molecular weight excluding hydrogens is 368 g/mol. The highest BCUT2D eigenvalue weighted by atomic mass is 16.5. The summed E-state index contributed by atoms with van der Waals surface area (Å²) in [4.78, 5) is 27.1. The summed E-state index contributed by atoms with van der Waals surface area (Å²) in [6.07, 6.45) is 8.08. The Bertz CT molecular complexity index is 705. The molecule has 2 aliphatic carbocycles. The number of hydrogen-bond acceptors (Lipinski definition) is 4. The summed E-state index contributed by atoms with van der Waals surface area (Å²) in [6.45, 7) is 4.07. The van der Waals surface area contributed by atoms with Crippen LogP contribution in [0.15, 0.2) is 24.3 Å². The van der Waals surface area contributed by atoms with Crippen LogP contribution < -0.4 is 16.0 Å². The van der Waals surface area contributed by atoms with Crippen molar-refractivity contribution in [3.05, 3.63) is 29.8 Å². The van der Waals surface area contributed by atoms with Gasteiger partial charge >= 0.3 is 6.03 Å². The third-order valence-electron chi connectivity index (χ3n) is 6.36. The van der Waals surface area contributed by atoms with E-state index in [-0.39, 0.29) is 17.5 Å². The molecule has 1 aromatic carbocycles. The number of hydrogen-bond donors (Lipinski definition) is 3. The van der Waals surface area contributed by atoms with Gasteiger partial charge in [0.2, 0.25) is 0 Å². The second-order valence-corrected chi connectivity index (χ2v) is 8.52. The van der Waals surface area contributed by atoms with Crippen molar-refractivity contribution in [3.63, 3.8) is 0 Å². The minimum atomic E-state index is -0.196.